The number of ether oxygens (including phenoxy) is 2. The Morgan fingerprint density at radius 3 is 3.20 bits per heavy atom. The molecule has 6 heteroatoms. The smallest absolute Gasteiger partial charge is 0.272 e. The maximum Gasteiger partial charge on any atom is 0.272 e. The Balaban J connectivity index is 1.65. The van der Waals surface area contributed by atoms with Crippen LogP contribution >= 0.6 is 0 Å². The van der Waals surface area contributed by atoms with Gasteiger partial charge in [-0.1, -0.05) is 0 Å². The maximum atomic E-state index is 12.2. The van der Waals surface area contributed by atoms with E-state index in [2.05, 4.69) is 10.4 Å². The summed E-state index contributed by atoms with van der Waals surface area (Å²) in [5, 5.41) is 7.34. The zero-order valence-corrected chi connectivity index (χ0v) is 11.9. The third-order valence-corrected chi connectivity index (χ3v) is 4.38. The third kappa shape index (κ3) is 2.23. The van der Waals surface area contributed by atoms with Gasteiger partial charge in [0.15, 0.2) is 0 Å². The van der Waals surface area contributed by atoms with E-state index in [0.29, 0.717) is 18.2 Å². The Kier molecular flexibility index (Phi) is 3.76. The average Bonchev–Trinajstić information content (AvgIpc) is 3.09. The number of hydrogen-bond acceptors (Lipinski definition) is 4. The first-order valence-corrected chi connectivity index (χ1v) is 7.19. The molecule has 0 aromatic carbocycles. The fourth-order valence-corrected chi connectivity index (χ4v) is 3.32. The van der Waals surface area contributed by atoms with Crippen molar-refractivity contribution >= 4 is 5.91 Å². The third-order valence-electron chi connectivity index (χ3n) is 4.38. The lowest BCUT2D eigenvalue weighted by Gasteiger charge is -2.47. The molecule has 2 aliphatic rings. The molecule has 1 saturated carbocycles. The summed E-state index contributed by atoms with van der Waals surface area (Å²) in [6.45, 7) is 4.17. The second-order valence-electron chi connectivity index (χ2n) is 5.46. The van der Waals surface area contributed by atoms with Gasteiger partial charge in [0.05, 0.1) is 12.7 Å². The van der Waals surface area contributed by atoms with Crippen LogP contribution in [0.4, 0.5) is 0 Å². The van der Waals surface area contributed by atoms with Crippen LogP contribution in [-0.4, -0.2) is 48.2 Å². The van der Waals surface area contributed by atoms with Crippen molar-refractivity contribution in [1.82, 2.24) is 15.1 Å². The number of nitrogens with one attached hydrogen (secondary N) is 1. The van der Waals surface area contributed by atoms with Crippen molar-refractivity contribution in [1.29, 1.82) is 0 Å². The Bertz CT molecular complexity index is 488. The van der Waals surface area contributed by atoms with Crippen LogP contribution in [-0.2, 0) is 16.0 Å². The first-order chi connectivity index (χ1) is 9.74. The number of methoxy groups -OCH3 is 1. The molecule has 0 spiro atoms. The molecule has 6 nitrogen and oxygen atoms in total. The molecule has 0 bridgehead atoms. The number of rotatable bonds is 5. The fourth-order valence-electron chi connectivity index (χ4n) is 3.32. The monoisotopic (exact) mass is 279 g/mol. The van der Waals surface area contributed by atoms with Gasteiger partial charge in [-0.3, -0.25) is 9.48 Å². The fraction of sp³-hybridized carbons (Fsp3) is 0.714. The van der Waals surface area contributed by atoms with Crippen molar-refractivity contribution in [2.45, 2.75) is 32.0 Å². The lowest BCUT2D eigenvalue weighted by molar-refractivity contribution is -0.0810. The van der Waals surface area contributed by atoms with E-state index < -0.39 is 0 Å². The van der Waals surface area contributed by atoms with E-state index in [1.54, 1.807) is 17.9 Å². The number of aryl methyl sites for hydroxylation is 1. The second kappa shape index (κ2) is 5.54. The number of carbonyl (C=O) groups excluding carboxylic acids is 1. The van der Waals surface area contributed by atoms with Gasteiger partial charge in [0.1, 0.15) is 5.69 Å². The summed E-state index contributed by atoms with van der Waals surface area (Å²) in [5.74, 6) is 0.575. The van der Waals surface area contributed by atoms with Crippen LogP contribution in [0.5, 0.6) is 0 Å². The van der Waals surface area contributed by atoms with Crippen LogP contribution in [0.15, 0.2) is 12.3 Å². The summed E-state index contributed by atoms with van der Waals surface area (Å²) >= 11 is 0. The molecule has 110 valence electrons. The zero-order chi connectivity index (χ0) is 14.1. The molecule has 0 radical (unpaired) electrons. The molecule has 20 heavy (non-hydrogen) atoms. The summed E-state index contributed by atoms with van der Waals surface area (Å²) in [5.41, 5.74) is 0.477. The molecule has 1 saturated heterocycles. The molecule has 2 fully saturated rings. The first kappa shape index (κ1) is 13.6. The topological polar surface area (TPSA) is 65.4 Å². The van der Waals surface area contributed by atoms with Gasteiger partial charge in [0.25, 0.3) is 5.91 Å². The number of hydrogen-bond donors (Lipinski definition) is 1. The summed E-state index contributed by atoms with van der Waals surface area (Å²) in [4.78, 5) is 12.2. The van der Waals surface area contributed by atoms with Crippen LogP contribution in [0.1, 0.15) is 23.8 Å². The Labute approximate surface area is 118 Å². The highest BCUT2D eigenvalue weighted by Gasteiger charge is 2.54. The summed E-state index contributed by atoms with van der Waals surface area (Å²) in [6, 6.07) is 1.90. The molecule has 1 aromatic heterocycles. The van der Waals surface area contributed by atoms with Gasteiger partial charge < -0.3 is 14.8 Å². The van der Waals surface area contributed by atoms with E-state index in [0.717, 1.165) is 19.6 Å². The van der Waals surface area contributed by atoms with Crippen molar-refractivity contribution in [3.05, 3.63) is 18.0 Å². The van der Waals surface area contributed by atoms with Crippen molar-refractivity contribution in [3.8, 4) is 0 Å². The van der Waals surface area contributed by atoms with Crippen LogP contribution < -0.4 is 5.32 Å². The number of nitrogens with zero attached hydrogens (tertiary/aromatic N) is 2. The van der Waals surface area contributed by atoms with Gasteiger partial charge in [-0.05, 0) is 19.4 Å². The van der Waals surface area contributed by atoms with Crippen molar-refractivity contribution in [3.63, 3.8) is 0 Å². The predicted molar refractivity (Wildman–Crippen MR) is 72.4 cm³/mol. The molecule has 4 atom stereocenters. The molecule has 3 rings (SSSR count). The van der Waals surface area contributed by atoms with E-state index in [1.807, 2.05) is 13.1 Å². The molecule has 1 aromatic rings. The molecule has 1 N–H and O–H groups in total. The first-order valence-electron chi connectivity index (χ1n) is 7.19. The van der Waals surface area contributed by atoms with Crippen LogP contribution in [0.2, 0.25) is 0 Å². The molecule has 1 aliphatic heterocycles. The van der Waals surface area contributed by atoms with Crippen LogP contribution in [0, 0.1) is 11.8 Å². The van der Waals surface area contributed by atoms with Crippen LogP contribution in [0.3, 0.4) is 0 Å². The minimum Gasteiger partial charge on any atom is -0.384 e. The zero-order valence-electron chi connectivity index (χ0n) is 11.9. The van der Waals surface area contributed by atoms with Gasteiger partial charge in [-0.15, -0.1) is 0 Å². The van der Waals surface area contributed by atoms with Gasteiger partial charge in [-0.2, -0.15) is 5.10 Å². The number of aromatic nitrogens is 2. The summed E-state index contributed by atoms with van der Waals surface area (Å²) < 4.78 is 12.7. The van der Waals surface area contributed by atoms with Crippen LogP contribution in [0.25, 0.3) is 0 Å². The van der Waals surface area contributed by atoms with Crippen molar-refractivity contribution in [2.75, 3.05) is 20.3 Å². The van der Waals surface area contributed by atoms with Crippen molar-refractivity contribution < 1.29 is 14.3 Å². The average molecular weight is 279 g/mol. The molecule has 1 aliphatic carbocycles. The highest BCUT2D eigenvalue weighted by atomic mass is 16.5. The number of carbonyl (C=O) groups is 1. The standard InChI is InChI=1S/C14H21N3O3/c1-3-17-6-4-11(16-17)14(18)15-12-9-5-7-20-13(9)10(12)8-19-2/h4,6,9-10,12-13H,3,5,7-8H2,1-2H3,(H,15,18)/t9-,10+,12-,13-/m0/s1. The van der Waals surface area contributed by atoms with Crippen molar-refractivity contribution in [2.24, 2.45) is 11.8 Å². The Morgan fingerprint density at radius 2 is 2.50 bits per heavy atom. The van der Waals surface area contributed by atoms with E-state index in [4.69, 9.17) is 9.47 Å². The van der Waals surface area contributed by atoms with Gasteiger partial charge in [-0.25, -0.2) is 0 Å². The summed E-state index contributed by atoms with van der Waals surface area (Å²) in [7, 11) is 1.68. The summed E-state index contributed by atoms with van der Waals surface area (Å²) in [6.07, 6.45) is 3.08. The van der Waals surface area contributed by atoms with E-state index >= 15 is 0 Å². The van der Waals surface area contributed by atoms with Gasteiger partial charge in [0, 0.05) is 44.3 Å². The van der Waals surface area contributed by atoms with E-state index in [9.17, 15) is 4.79 Å². The molecule has 1 amide bonds. The second-order valence-corrected chi connectivity index (χ2v) is 5.46. The Hall–Kier alpha value is -1.40. The highest BCUT2D eigenvalue weighted by molar-refractivity contribution is 5.92. The van der Waals surface area contributed by atoms with E-state index in [1.165, 1.54) is 0 Å². The van der Waals surface area contributed by atoms with E-state index in [-0.39, 0.29) is 24.0 Å². The minimum atomic E-state index is -0.103. The highest BCUT2D eigenvalue weighted by Crippen LogP contribution is 2.43. The predicted octanol–water partition coefficient (Wildman–Crippen LogP) is 0.683. The van der Waals surface area contributed by atoms with Gasteiger partial charge >= 0.3 is 0 Å². The number of fused-ring (bicyclic) bond motifs is 1. The molecule has 0 unspecified atom stereocenters. The lowest BCUT2D eigenvalue weighted by Crippen LogP contribution is -2.62. The SMILES string of the molecule is CCn1ccc(C(=O)N[C@@H]2[C@@H](COC)[C@H]3OCC[C@@H]23)n1. The van der Waals surface area contributed by atoms with Gasteiger partial charge in [0.2, 0.25) is 0 Å². The largest absolute Gasteiger partial charge is 0.384 e. The normalized spacial score (nSPS) is 31.7. The Morgan fingerprint density at radius 1 is 1.65 bits per heavy atom. The quantitative estimate of drug-likeness (QED) is 0.861. The minimum absolute atomic E-state index is 0.103. The maximum absolute atomic E-state index is 12.2. The molecule has 2 heterocycles. The lowest BCUT2D eigenvalue weighted by atomic mass is 9.67. The molecular weight excluding hydrogens is 258 g/mol. The molecular formula is C14H21N3O3. The number of amides is 1.